The van der Waals surface area contributed by atoms with Gasteiger partial charge >= 0.3 is 0 Å². The van der Waals surface area contributed by atoms with Gasteiger partial charge in [-0.3, -0.25) is 0 Å². The lowest BCUT2D eigenvalue weighted by Gasteiger charge is -2.30. The molecule has 1 aliphatic heterocycles. The first kappa shape index (κ1) is 15.5. The number of aromatic nitrogens is 2. The number of nitrogens with zero attached hydrogens (tertiary/aromatic N) is 3. The molecule has 0 atom stereocenters. The van der Waals surface area contributed by atoms with Crippen molar-refractivity contribution >= 4 is 17.4 Å². The zero-order valence-corrected chi connectivity index (χ0v) is 13.3. The van der Waals surface area contributed by atoms with Gasteiger partial charge in [0.2, 0.25) is 0 Å². The van der Waals surface area contributed by atoms with E-state index in [1.807, 2.05) is 0 Å². The monoisotopic (exact) mass is 296 g/mol. The van der Waals surface area contributed by atoms with E-state index in [2.05, 4.69) is 34.0 Å². The molecule has 0 saturated carbocycles. The number of anilines is 1. The molecule has 1 saturated heterocycles. The molecular weight excluding hydrogens is 272 g/mol. The van der Waals surface area contributed by atoms with E-state index in [0.29, 0.717) is 5.15 Å². The molecule has 1 fully saturated rings. The first-order chi connectivity index (χ1) is 9.67. The Morgan fingerprint density at radius 2 is 2.10 bits per heavy atom. The molecule has 0 spiro atoms. The molecule has 0 radical (unpaired) electrons. The van der Waals surface area contributed by atoms with Gasteiger partial charge in [-0.1, -0.05) is 25.4 Å². The maximum atomic E-state index is 6.03. The molecule has 0 amide bonds. The highest BCUT2D eigenvalue weighted by atomic mass is 35.5. The van der Waals surface area contributed by atoms with Crippen molar-refractivity contribution in [3.05, 3.63) is 17.0 Å². The second-order valence-corrected chi connectivity index (χ2v) is 6.08. The number of aryl methyl sites for hydroxylation is 1. The first-order valence-corrected chi connectivity index (χ1v) is 8.05. The average molecular weight is 297 g/mol. The minimum Gasteiger partial charge on any atom is -0.369 e. The fraction of sp³-hybridized carbons (Fsp3) is 0.733. The largest absolute Gasteiger partial charge is 0.369 e. The Morgan fingerprint density at radius 1 is 1.35 bits per heavy atom. The average Bonchev–Trinajstić information content (AvgIpc) is 2.41. The maximum Gasteiger partial charge on any atom is 0.134 e. The minimum absolute atomic E-state index is 0.526. The number of hydrogen-bond acceptors (Lipinski definition) is 4. The van der Waals surface area contributed by atoms with Crippen LogP contribution in [0.2, 0.25) is 5.15 Å². The predicted octanol–water partition coefficient (Wildman–Crippen LogP) is 3.23. The number of nitrogens with one attached hydrogen (secondary N) is 1. The Labute approximate surface area is 126 Å². The van der Waals surface area contributed by atoms with Crippen molar-refractivity contribution in [2.24, 2.45) is 5.92 Å². The summed E-state index contributed by atoms with van der Waals surface area (Å²) in [7, 11) is 0. The van der Waals surface area contributed by atoms with Gasteiger partial charge in [0.1, 0.15) is 16.8 Å². The summed E-state index contributed by atoms with van der Waals surface area (Å²) in [6.45, 7) is 8.87. The van der Waals surface area contributed by atoms with E-state index in [1.54, 1.807) is 6.07 Å². The molecule has 112 valence electrons. The van der Waals surface area contributed by atoms with Gasteiger partial charge in [-0.25, -0.2) is 9.97 Å². The van der Waals surface area contributed by atoms with Crippen LogP contribution in [0, 0.1) is 5.92 Å². The Balaban J connectivity index is 1.78. The summed E-state index contributed by atoms with van der Waals surface area (Å²) in [6, 6.07) is 1.80. The van der Waals surface area contributed by atoms with E-state index in [0.717, 1.165) is 43.5 Å². The second kappa shape index (κ2) is 7.79. The topological polar surface area (TPSA) is 41.1 Å². The molecule has 0 unspecified atom stereocenters. The zero-order valence-electron chi connectivity index (χ0n) is 12.5. The van der Waals surface area contributed by atoms with Crippen molar-refractivity contribution < 1.29 is 0 Å². The van der Waals surface area contributed by atoms with E-state index in [9.17, 15) is 0 Å². The van der Waals surface area contributed by atoms with Crippen LogP contribution in [0.25, 0.3) is 0 Å². The SMILES string of the molecule is CCCc1nc(Cl)cc(NCCN2CCC(C)CC2)n1. The van der Waals surface area contributed by atoms with Crippen LogP contribution in [0.5, 0.6) is 0 Å². The summed E-state index contributed by atoms with van der Waals surface area (Å²) in [5.41, 5.74) is 0. The third-order valence-electron chi connectivity index (χ3n) is 3.83. The van der Waals surface area contributed by atoms with Crippen molar-refractivity contribution in [2.45, 2.75) is 39.5 Å². The van der Waals surface area contributed by atoms with Crippen molar-refractivity contribution in [3.8, 4) is 0 Å². The van der Waals surface area contributed by atoms with Crippen LogP contribution >= 0.6 is 11.6 Å². The minimum atomic E-state index is 0.526. The number of halogens is 1. The van der Waals surface area contributed by atoms with Gasteiger partial charge in [-0.05, 0) is 38.3 Å². The van der Waals surface area contributed by atoms with E-state index in [-0.39, 0.29) is 0 Å². The molecule has 1 aromatic rings. The molecule has 2 rings (SSSR count). The Morgan fingerprint density at radius 3 is 2.80 bits per heavy atom. The van der Waals surface area contributed by atoms with Gasteiger partial charge in [0.15, 0.2) is 0 Å². The third kappa shape index (κ3) is 4.91. The van der Waals surface area contributed by atoms with Gasteiger partial charge in [0.05, 0.1) is 0 Å². The summed E-state index contributed by atoms with van der Waals surface area (Å²) >= 11 is 6.03. The number of piperidine rings is 1. The van der Waals surface area contributed by atoms with E-state index < -0.39 is 0 Å². The molecule has 1 aromatic heterocycles. The van der Waals surface area contributed by atoms with Gasteiger partial charge in [0.25, 0.3) is 0 Å². The van der Waals surface area contributed by atoms with Crippen LogP contribution in [0.1, 0.15) is 38.9 Å². The second-order valence-electron chi connectivity index (χ2n) is 5.69. The number of hydrogen-bond donors (Lipinski definition) is 1. The van der Waals surface area contributed by atoms with Crippen LogP contribution in [0.3, 0.4) is 0 Å². The predicted molar refractivity (Wildman–Crippen MR) is 84.4 cm³/mol. The van der Waals surface area contributed by atoms with E-state index in [4.69, 9.17) is 11.6 Å². The van der Waals surface area contributed by atoms with Crippen LogP contribution < -0.4 is 5.32 Å². The Hall–Kier alpha value is -0.870. The lowest BCUT2D eigenvalue weighted by atomic mass is 9.99. The summed E-state index contributed by atoms with van der Waals surface area (Å²) in [5.74, 6) is 2.56. The smallest absolute Gasteiger partial charge is 0.134 e. The molecular formula is C15H25ClN4. The van der Waals surface area contributed by atoms with Crippen LogP contribution in [0.15, 0.2) is 6.07 Å². The highest BCUT2D eigenvalue weighted by molar-refractivity contribution is 6.29. The van der Waals surface area contributed by atoms with Crippen molar-refractivity contribution in [1.82, 2.24) is 14.9 Å². The van der Waals surface area contributed by atoms with Crippen LogP contribution in [-0.4, -0.2) is 41.0 Å². The summed E-state index contributed by atoms with van der Waals surface area (Å²) in [4.78, 5) is 11.2. The highest BCUT2D eigenvalue weighted by Gasteiger charge is 2.14. The summed E-state index contributed by atoms with van der Waals surface area (Å²) < 4.78 is 0. The van der Waals surface area contributed by atoms with Gasteiger partial charge in [0, 0.05) is 25.6 Å². The molecule has 0 bridgehead atoms. The van der Waals surface area contributed by atoms with Crippen molar-refractivity contribution in [1.29, 1.82) is 0 Å². The van der Waals surface area contributed by atoms with Gasteiger partial charge in [-0.15, -0.1) is 0 Å². The molecule has 1 N–H and O–H groups in total. The molecule has 0 aliphatic carbocycles. The van der Waals surface area contributed by atoms with Gasteiger partial charge in [-0.2, -0.15) is 0 Å². The van der Waals surface area contributed by atoms with E-state index >= 15 is 0 Å². The quantitative estimate of drug-likeness (QED) is 0.818. The summed E-state index contributed by atoms with van der Waals surface area (Å²) in [5, 5.41) is 3.89. The fourth-order valence-corrected chi connectivity index (χ4v) is 2.72. The molecule has 2 heterocycles. The van der Waals surface area contributed by atoms with Gasteiger partial charge < -0.3 is 10.2 Å². The van der Waals surface area contributed by atoms with E-state index in [1.165, 1.54) is 25.9 Å². The third-order valence-corrected chi connectivity index (χ3v) is 4.02. The normalized spacial score (nSPS) is 17.4. The summed E-state index contributed by atoms with van der Waals surface area (Å²) in [6.07, 6.45) is 4.55. The highest BCUT2D eigenvalue weighted by Crippen LogP contribution is 2.16. The zero-order chi connectivity index (χ0) is 14.4. The molecule has 20 heavy (non-hydrogen) atoms. The Kier molecular flexibility index (Phi) is 6.05. The molecule has 5 heteroatoms. The van der Waals surface area contributed by atoms with Crippen LogP contribution in [-0.2, 0) is 6.42 Å². The lowest BCUT2D eigenvalue weighted by molar-refractivity contribution is 0.199. The Bertz CT molecular complexity index is 416. The first-order valence-electron chi connectivity index (χ1n) is 7.67. The standard InChI is InChI=1S/C15H25ClN4/c1-3-4-14-18-13(16)11-15(19-14)17-7-10-20-8-5-12(2)6-9-20/h11-12H,3-10H2,1-2H3,(H,17,18,19). The molecule has 1 aliphatic rings. The maximum absolute atomic E-state index is 6.03. The fourth-order valence-electron chi connectivity index (χ4n) is 2.52. The van der Waals surface area contributed by atoms with Crippen molar-refractivity contribution in [2.75, 3.05) is 31.5 Å². The van der Waals surface area contributed by atoms with Crippen LogP contribution in [0.4, 0.5) is 5.82 Å². The molecule has 4 nitrogen and oxygen atoms in total. The number of likely N-dealkylation sites (tertiary alicyclic amines) is 1. The molecule has 0 aromatic carbocycles. The van der Waals surface area contributed by atoms with Crippen molar-refractivity contribution in [3.63, 3.8) is 0 Å². The number of rotatable bonds is 6. The lowest BCUT2D eigenvalue weighted by Crippen LogP contribution is -2.36.